The van der Waals surface area contributed by atoms with Gasteiger partial charge in [0, 0.05) is 49.7 Å². The summed E-state index contributed by atoms with van der Waals surface area (Å²) < 4.78 is 1.78. The molecule has 4 aromatic heterocycles. The quantitative estimate of drug-likeness (QED) is 0.370. The van der Waals surface area contributed by atoms with Gasteiger partial charge in [-0.05, 0) is 36.5 Å². The Balaban J connectivity index is 1.22. The molecule has 0 amide bonds. The maximum absolute atomic E-state index is 8.97. The number of nitrogens with one attached hydrogen (secondary N) is 2. The van der Waals surface area contributed by atoms with E-state index in [1.54, 1.807) is 23.0 Å². The monoisotopic (exact) mass is 516 g/mol. The third kappa shape index (κ3) is 6.06. The second-order valence-electron chi connectivity index (χ2n) is 10.4. The van der Waals surface area contributed by atoms with Gasteiger partial charge in [-0.25, -0.2) is 19.5 Å². The van der Waals surface area contributed by atoms with Gasteiger partial charge >= 0.3 is 0 Å². The van der Waals surface area contributed by atoms with Crippen molar-refractivity contribution in [3.05, 3.63) is 59.3 Å². The predicted molar refractivity (Wildman–Crippen MR) is 144 cm³/mol. The minimum atomic E-state index is 0.115. The number of aromatic nitrogens is 6. The van der Waals surface area contributed by atoms with Crippen LogP contribution in [-0.4, -0.2) is 48.7 Å². The molecule has 2 N–H and O–H groups in total. The number of rotatable bonds is 6. The number of nitriles is 1. The van der Waals surface area contributed by atoms with Gasteiger partial charge in [0.15, 0.2) is 17.3 Å². The first-order valence-electron chi connectivity index (χ1n) is 12.3. The fourth-order valence-electron chi connectivity index (χ4n) is 4.30. The minimum absolute atomic E-state index is 0.115. The van der Waals surface area contributed by atoms with E-state index in [2.05, 4.69) is 67.4 Å². The van der Waals surface area contributed by atoms with Gasteiger partial charge in [0.05, 0.1) is 11.8 Å². The highest BCUT2D eigenvalue weighted by molar-refractivity contribution is 6.32. The molecule has 0 bridgehead atoms. The van der Waals surface area contributed by atoms with Crippen LogP contribution < -0.4 is 15.5 Å². The van der Waals surface area contributed by atoms with Crippen LogP contribution in [0.4, 0.5) is 23.3 Å². The highest BCUT2D eigenvalue weighted by Gasteiger charge is 2.22. The van der Waals surface area contributed by atoms with Gasteiger partial charge in [-0.3, -0.25) is 0 Å². The zero-order valence-corrected chi connectivity index (χ0v) is 21.9. The number of hydrogen-bond donors (Lipinski definition) is 2. The van der Waals surface area contributed by atoms with Gasteiger partial charge in [-0.1, -0.05) is 32.4 Å². The lowest BCUT2D eigenvalue weighted by Crippen LogP contribution is -2.39. The molecule has 11 heteroatoms. The van der Waals surface area contributed by atoms with Crippen molar-refractivity contribution < 1.29 is 0 Å². The smallest absolute Gasteiger partial charge is 0.229 e. The minimum Gasteiger partial charge on any atom is -0.366 e. The van der Waals surface area contributed by atoms with Crippen molar-refractivity contribution in [1.29, 1.82) is 5.26 Å². The number of nitrogens with zero attached hydrogens (tertiary/aromatic N) is 8. The van der Waals surface area contributed by atoms with Crippen molar-refractivity contribution in [1.82, 2.24) is 29.5 Å². The van der Waals surface area contributed by atoms with Gasteiger partial charge in [0.25, 0.3) is 0 Å². The van der Waals surface area contributed by atoms with E-state index < -0.39 is 0 Å². The maximum Gasteiger partial charge on any atom is 0.229 e. The summed E-state index contributed by atoms with van der Waals surface area (Å²) in [5, 5.41) is 20.7. The Morgan fingerprint density at radius 1 is 1.11 bits per heavy atom. The number of piperidine rings is 1. The van der Waals surface area contributed by atoms with Crippen LogP contribution in [0, 0.1) is 16.7 Å². The first kappa shape index (κ1) is 24.7. The Morgan fingerprint density at radius 2 is 1.92 bits per heavy atom. The molecular weight excluding hydrogens is 488 g/mol. The first-order valence-corrected chi connectivity index (χ1v) is 12.7. The van der Waals surface area contributed by atoms with E-state index in [-0.39, 0.29) is 11.5 Å². The predicted octanol–water partition coefficient (Wildman–Crippen LogP) is 4.85. The van der Waals surface area contributed by atoms with Crippen LogP contribution in [0.2, 0.25) is 5.02 Å². The van der Waals surface area contributed by atoms with Crippen LogP contribution in [-0.2, 0) is 6.42 Å². The Hall–Kier alpha value is -3.97. The molecule has 190 valence electrons. The van der Waals surface area contributed by atoms with E-state index in [1.807, 2.05) is 24.4 Å². The fraction of sp³-hybridized carbons (Fsp3) is 0.385. The molecular formula is C26H29ClN10. The summed E-state index contributed by atoms with van der Waals surface area (Å²) in [6, 6.07) is 9.87. The summed E-state index contributed by atoms with van der Waals surface area (Å²) in [6.45, 7) is 8.21. The van der Waals surface area contributed by atoms with Crippen LogP contribution in [0.15, 0.2) is 42.9 Å². The molecule has 5 heterocycles. The molecule has 37 heavy (non-hydrogen) atoms. The summed E-state index contributed by atoms with van der Waals surface area (Å²) in [6.07, 6.45) is 7.71. The second kappa shape index (κ2) is 10.2. The van der Waals surface area contributed by atoms with Crippen LogP contribution in [0.3, 0.4) is 0 Å². The largest absolute Gasteiger partial charge is 0.366 e. The fourth-order valence-corrected chi connectivity index (χ4v) is 4.44. The van der Waals surface area contributed by atoms with Crippen LogP contribution in [0.5, 0.6) is 0 Å². The van der Waals surface area contributed by atoms with Gasteiger partial charge in [0.1, 0.15) is 16.9 Å². The molecule has 0 saturated carbocycles. The van der Waals surface area contributed by atoms with Gasteiger partial charge in [-0.15, -0.1) is 0 Å². The van der Waals surface area contributed by atoms with Crippen molar-refractivity contribution in [2.45, 2.75) is 46.1 Å². The Bertz CT molecular complexity index is 1430. The van der Waals surface area contributed by atoms with Crippen LogP contribution in [0.25, 0.3) is 5.65 Å². The summed E-state index contributed by atoms with van der Waals surface area (Å²) in [4.78, 5) is 20.3. The lowest BCUT2D eigenvalue weighted by atomic mass is 9.92. The van der Waals surface area contributed by atoms with Crippen molar-refractivity contribution >= 4 is 40.5 Å². The van der Waals surface area contributed by atoms with Crippen molar-refractivity contribution in [3.63, 3.8) is 0 Å². The SMILES string of the molecule is CC(C)(C)Cc1nc2cc(Nc3ncc(Cl)c(NC4CCN(c5ccc(C#N)cn5)CC4)n3)ccn2n1. The Morgan fingerprint density at radius 3 is 2.62 bits per heavy atom. The van der Waals surface area contributed by atoms with Crippen molar-refractivity contribution in [2.24, 2.45) is 5.41 Å². The standard InChI is InChI=1S/C26H29ClN10/c1-26(2,3)13-21-33-23-12-19(8-11-37(23)35-21)32-25-30-16-20(27)24(34-25)31-18-6-9-36(10-7-18)22-5-4-17(14-28)15-29-22/h4-5,8,11-12,15-16,18H,6-7,9-10,13H2,1-3H3,(H2,30,31,32,34). The molecule has 0 aliphatic carbocycles. The molecule has 1 aliphatic rings. The molecule has 5 rings (SSSR count). The van der Waals surface area contributed by atoms with E-state index in [0.29, 0.717) is 22.4 Å². The summed E-state index contributed by atoms with van der Waals surface area (Å²) in [7, 11) is 0. The number of fused-ring (bicyclic) bond motifs is 1. The zero-order chi connectivity index (χ0) is 26.0. The highest BCUT2D eigenvalue weighted by atomic mass is 35.5. The van der Waals surface area contributed by atoms with Crippen LogP contribution >= 0.6 is 11.6 Å². The lowest BCUT2D eigenvalue weighted by molar-refractivity contribution is 0.401. The van der Waals surface area contributed by atoms with E-state index in [1.165, 1.54) is 0 Å². The molecule has 0 radical (unpaired) electrons. The zero-order valence-electron chi connectivity index (χ0n) is 21.1. The number of hydrogen-bond acceptors (Lipinski definition) is 9. The van der Waals surface area contributed by atoms with E-state index in [9.17, 15) is 0 Å². The number of anilines is 4. The molecule has 0 spiro atoms. The van der Waals surface area contributed by atoms with Crippen LogP contribution in [0.1, 0.15) is 45.0 Å². The topological polar surface area (TPSA) is 120 Å². The second-order valence-corrected chi connectivity index (χ2v) is 10.8. The Labute approximate surface area is 220 Å². The van der Waals surface area contributed by atoms with Gasteiger partial charge in [0.2, 0.25) is 5.95 Å². The molecule has 10 nitrogen and oxygen atoms in total. The molecule has 1 aliphatic heterocycles. The maximum atomic E-state index is 8.97. The first-order chi connectivity index (χ1) is 17.8. The molecule has 1 saturated heterocycles. The van der Waals surface area contributed by atoms with E-state index in [4.69, 9.17) is 16.9 Å². The summed E-state index contributed by atoms with van der Waals surface area (Å²) in [5.41, 5.74) is 2.26. The number of halogens is 1. The van der Waals surface area contributed by atoms with Crippen molar-refractivity contribution in [3.8, 4) is 6.07 Å². The Kier molecular flexibility index (Phi) is 6.80. The molecule has 0 aromatic carbocycles. The molecule has 4 aromatic rings. The highest BCUT2D eigenvalue weighted by Crippen LogP contribution is 2.26. The third-order valence-corrected chi connectivity index (χ3v) is 6.38. The van der Waals surface area contributed by atoms with Gasteiger partial charge < -0.3 is 15.5 Å². The third-order valence-electron chi connectivity index (χ3n) is 6.11. The molecule has 0 atom stereocenters. The van der Waals surface area contributed by atoms with E-state index >= 15 is 0 Å². The number of pyridine rings is 2. The average molecular weight is 517 g/mol. The lowest BCUT2D eigenvalue weighted by Gasteiger charge is -2.33. The normalized spacial score (nSPS) is 14.5. The molecule has 1 fully saturated rings. The average Bonchev–Trinajstić information content (AvgIpc) is 3.26. The van der Waals surface area contributed by atoms with Gasteiger partial charge in [-0.2, -0.15) is 15.3 Å². The summed E-state index contributed by atoms with van der Waals surface area (Å²) in [5.74, 6) is 2.76. The summed E-state index contributed by atoms with van der Waals surface area (Å²) >= 11 is 6.42. The van der Waals surface area contributed by atoms with E-state index in [0.717, 1.165) is 55.3 Å². The molecule has 0 unspecified atom stereocenters. The van der Waals surface area contributed by atoms with Crippen molar-refractivity contribution in [2.75, 3.05) is 28.6 Å².